The Balaban J connectivity index is 1.66. The van der Waals surface area contributed by atoms with Crippen LogP contribution in [0.4, 0.5) is 10.5 Å². The van der Waals surface area contributed by atoms with E-state index in [1.165, 1.54) is 6.92 Å². The van der Waals surface area contributed by atoms with E-state index in [1.54, 1.807) is 11.8 Å². The van der Waals surface area contributed by atoms with E-state index < -0.39 is 29.9 Å². The Labute approximate surface area is 168 Å². The van der Waals surface area contributed by atoms with Gasteiger partial charge in [-0.25, -0.2) is 4.79 Å². The van der Waals surface area contributed by atoms with Gasteiger partial charge in [-0.1, -0.05) is 36.4 Å². The van der Waals surface area contributed by atoms with Crippen molar-refractivity contribution >= 4 is 40.3 Å². The number of benzene rings is 2. The minimum Gasteiger partial charge on any atom is -0.452 e. The summed E-state index contributed by atoms with van der Waals surface area (Å²) in [6, 6.07) is 12.7. The summed E-state index contributed by atoms with van der Waals surface area (Å²) in [6.07, 6.45) is -1.14. The summed E-state index contributed by atoms with van der Waals surface area (Å²) in [7, 11) is 0. The van der Waals surface area contributed by atoms with Crippen LogP contribution in [-0.2, 0) is 19.1 Å². The molecule has 1 fully saturated rings. The van der Waals surface area contributed by atoms with E-state index >= 15 is 0 Å². The van der Waals surface area contributed by atoms with Gasteiger partial charge in [0.25, 0.3) is 5.91 Å². The molecule has 8 nitrogen and oxygen atoms in total. The molecular weight excluding hydrogens is 374 g/mol. The highest BCUT2D eigenvalue weighted by molar-refractivity contribution is 6.06. The molecule has 29 heavy (non-hydrogen) atoms. The van der Waals surface area contributed by atoms with Gasteiger partial charge in [0, 0.05) is 24.9 Å². The first-order valence-electron chi connectivity index (χ1n) is 9.48. The number of amides is 4. The van der Waals surface area contributed by atoms with Gasteiger partial charge in [-0.05, 0) is 25.3 Å². The van der Waals surface area contributed by atoms with Gasteiger partial charge in [0.1, 0.15) is 0 Å². The molecule has 8 heteroatoms. The van der Waals surface area contributed by atoms with Crippen LogP contribution < -0.4 is 15.5 Å². The summed E-state index contributed by atoms with van der Waals surface area (Å²) < 4.78 is 5.19. The topological polar surface area (TPSA) is 105 Å². The summed E-state index contributed by atoms with van der Waals surface area (Å²) in [5, 5.41) is 6.44. The predicted octanol–water partition coefficient (Wildman–Crippen LogP) is 1.97. The number of hydrogen-bond donors (Lipinski definition) is 2. The van der Waals surface area contributed by atoms with Gasteiger partial charge in [-0.15, -0.1) is 0 Å². The number of nitrogens with one attached hydrogen (secondary N) is 2. The quantitative estimate of drug-likeness (QED) is 0.751. The number of carbonyl (C=O) groups excluding carboxylic acids is 4. The van der Waals surface area contributed by atoms with Gasteiger partial charge in [0.2, 0.25) is 5.91 Å². The summed E-state index contributed by atoms with van der Waals surface area (Å²) in [5.41, 5.74) is 0.741. The fraction of sp³-hybridized carbons (Fsp3) is 0.333. The van der Waals surface area contributed by atoms with E-state index in [0.29, 0.717) is 6.54 Å². The Bertz CT molecular complexity index is 953. The Kier molecular flexibility index (Phi) is 6.11. The number of rotatable bonds is 5. The molecule has 2 N–H and O–H groups in total. The largest absolute Gasteiger partial charge is 0.452 e. The molecule has 0 radical (unpaired) electrons. The number of carbonyl (C=O) groups is 4. The van der Waals surface area contributed by atoms with Crippen molar-refractivity contribution in [3.8, 4) is 0 Å². The molecule has 1 aliphatic rings. The third-order valence-electron chi connectivity index (χ3n) is 4.75. The second-order valence-corrected chi connectivity index (χ2v) is 6.83. The van der Waals surface area contributed by atoms with Crippen LogP contribution >= 0.6 is 0 Å². The van der Waals surface area contributed by atoms with Crippen molar-refractivity contribution in [3.05, 3.63) is 42.5 Å². The standard InChI is InChI=1S/C21H23N3O5/c1-3-22-21(28)23-19(26)13(2)29-20(27)15-11-18(25)24(12-15)17-10-6-8-14-7-4-5-9-16(14)17/h4-10,13,15H,3,11-12H2,1-2H3,(H2,22,23,26,28)/t13-,15+/m0/s1. The summed E-state index contributed by atoms with van der Waals surface area (Å²) in [6.45, 7) is 3.63. The second kappa shape index (κ2) is 8.72. The van der Waals surface area contributed by atoms with E-state index in [1.807, 2.05) is 42.5 Å². The summed E-state index contributed by atoms with van der Waals surface area (Å²) in [4.78, 5) is 50.0. The van der Waals surface area contributed by atoms with Gasteiger partial charge in [-0.2, -0.15) is 0 Å². The average Bonchev–Trinajstić information content (AvgIpc) is 3.09. The normalized spacial score (nSPS) is 17.1. The van der Waals surface area contributed by atoms with Crippen LogP contribution in [0.3, 0.4) is 0 Å². The van der Waals surface area contributed by atoms with Gasteiger partial charge in [0.15, 0.2) is 6.10 Å². The van der Waals surface area contributed by atoms with E-state index in [0.717, 1.165) is 16.5 Å². The lowest BCUT2D eigenvalue weighted by Crippen LogP contribution is -2.45. The van der Waals surface area contributed by atoms with E-state index in [4.69, 9.17) is 4.74 Å². The maximum Gasteiger partial charge on any atom is 0.321 e. The number of fused-ring (bicyclic) bond motifs is 1. The molecule has 0 saturated carbocycles. The Morgan fingerprint density at radius 3 is 2.66 bits per heavy atom. The van der Waals surface area contributed by atoms with Gasteiger partial charge >= 0.3 is 12.0 Å². The van der Waals surface area contributed by atoms with E-state index in [9.17, 15) is 19.2 Å². The molecule has 0 aliphatic carbocycles. The molecule has 152 valence electrons. The van der Waals surface area contributed by atoms with Crippen molar-refractivity contribution in [2.75, 3.05) is 18.0 Å². The highest BCUT2D eigenvalue weighted by atomic mass is 16.5. The molecule has 4 amide bonds. The minimum absolute atomic E-state index is 0.00666. The molecule has 3 rings (SSSR count). The van der Waals surface area contributed by atoms with Crippen LogP contribution in [0.25, 0.3) is 10.8 Å². The van der Waals surface area contributed by atoms with Crippen LogP contribution in [0.5, 0.6) is 0 Å². The molecule has 0 spiro atoms. The second-order valence-electron chi connectivity index (χ2n) is 6.83. The lowest BCUT2D eigenvalue weighted by atomic mass is 10.1. The van der Waals surface area contributed by atoms with Gasteiger partial charge in [0.05, 0.1) is 11.6 Å². The number of esters is 1. The zero-order chi connectivity index (χ0) is 21.0. The molecular formula is C21H23N3O5. The average molecular weight is 397 g/mol. The molecule has 2 atom stereocenters. The number of imide groups is 1. The number of ether oxygens (including phenoxy) is 1. The summed E-state index contributed by atoms with van der Waals surface area (Å²) >= 11 is 0. The fourth-order valence-corrected chi connectivity index (χ4v) is 3.28. The van der Waals surface area contributed by atoms with Crippen molar-refractivity contribution in [2.24, 2.45) is 5.92 Å². The van der Waals surface area contributed by atoms with Crippen molar-refractivity contribution < 1.29 is 23.9 Å². The summed E-state index contributed by atoms with van der Waals surface area (Å²) in [5.74, 6) is -2.22. The number of nitrogens with zero attached hydrogens (tertiary/aromatic N) is 1. The first kappa shape index (κ1) is 20.3. The van der Waals surface area contributed by atoms with Gasteiger partial charge in [-0.3, -0.25) is 19.7 Å². The first-order valence-corrected chi connectivity index (χ1v) is 9.48. The monoisotopic (exact) mass is 397 g/mol. The molecule has 1 heterocycles. The van der Waals surface area contributed by atoms with Crippen LogP contribution in [0.1, 0.15) is 20.3 Å². The number of urea groups is 1. The van der Waals surface area contributed by atoms with Crippen molar-refractivity contribution in [1.82, 2.24) is 10.6 Å². The minimum atomic E-state index is -1.15. The number of anilines is 1. The van der Waals surface area contributed by atoms with Crippen molar-refractivity contribution in [1.29, 1.82) is 0 Å². The SMILES string of the molecule is CCNC(=O)NC(=O)[C@H](C)OC(=O)[C@@H]1CC(=O)N(c2cccc3ccccc23)C1. The zero-order valence-electron chi connectivity index (χ0n) is 16.3. The zero-order valence-corrected chi connectivity index (χ0v) is 16.3. The van der Waals surface area contributed by atoms with Crippen LogP contribution in [0.2, 0.25) is 0 Å². The smallest absolute Gasteiger partial charge is 0.321 e. The fourth-order valence-electron chi connectivity index (χ4n) is 3.28. The Morgan fingerprint density at radius 1 is 1.17 bits per heavy atom. The number of hydrogen-bond acceptors (Lipinski definition) is 5. The first-order chi connectivity index (χ1) is 13.9. The Hall–Kier alpha value is -3.42. The lowest BCUT2D eigenvalue weighted by Gasteiger charge is -2.19. The third kappa shape index (κ3) is 4.53. The molecule has 1 aliphatic heterocycles. The van der Waals surface area contributed by atoms with Crippen molar-refractivity contribution in [2.45, 2.75) is 26.4 Å². The van der Waals surface area contributed by atoms with Crippen molar-refractivity contribution in [3.63, 3.8) is 0 Å². The molecule has 2 aromatic carbocycles. The van der Waals surface area contributed by atoms with Crippen LogP contribution in [-0.4, -0.2) is 43.0 Å². The molecule has 0 aromatic heterocycles. The van der Waals surface area contributed by atoms with Crippen LogP contribution in [0, 0.1) is 5.92 Å². The van der Waals surface area contributed by atoms with E-state index in [-0.39, 0.29) is 18.9 Å². The Morgan fingerprint density at radius 2 is 1.90 bits per heavy atom. The van der Waals surface area contributed by atoms with E-state index in [2.05, 4.69) is 10.6 Å². The highest BCUT2D eigenvalue weighted by Crippen LogP contribution is 2.32. The maximum absolute atomic E-state index is 12.6. The predicted molar refractivity (Wildman–Crippen MR) is 107 cm³/mol. The molecule has 2 aromatic rings. The van der Waals surface area contributed by atoms with Crippen LogP contribution in [0.15, 0.2) is 42.5 Å². The third-order valence-corrected chi connectivity index (χ3v) is 4.75. The maximum atomic E-state index is 12.6. The molecule has 0 bridgehead atoms. The lowest BCUT2D eigenvalue weighted by molar-refractivity contribution is -0.158. The highest BCUT2D eigenvalue weighted by Gasteiger charge is 2.37. The van der Waals surface area contributed by atoms with Gasteiger partial charge < -0.3 is 15.0 Å². The molecule has 0 unspecified atom stereocenters. The molecule has 1 saturated heterocycles.